The highest BCUT2D eigenvalue weighted by atomic mass is 32.2. The summed E-state index contributed by atoms with van der Waals surface area (Å²) in [5.41, 5.74) is 0. The summed E-state index contributed by atoms with van der Waals surface area (Å²) >= 11 is 0. The Kier molecular flexibility index (Phi) is 6.60. The number of carboxylic acid groups (broad SMARTS) is 1. The third-order valence-electron chi connectivity index (χ3n) is 3.57. The summed E-state index contributed by atoms with van der Waals surface area (Å²) in [5, 5.41) is 8.59. The zero-order chi connectivity index (χ0) is 16.0. The smallest absolute Gasteiger partial charge is 0.303 e. The average molecular weight is 320 g/mol. The lowest BCUT2D eigenvalue weighted by Crippen LogP contribution is -2.47. The van der Waals surface area contributed by atoms with Crippen molar-refractivity contribution < 1.29 is 23.1 Å². The molecule has 122 valence electrons. The maximum absolute atomic E-state index is 12.4. The van der Waals surface area contributed by atoms with Crippen LogP contribution in [0.5, 0.6) is 0 Å². The van der Waals surface area contributed by atoms with Crippen LogP contribution >= 0.6 is 0 Å². The Bertz CT molecular complexity index is 477. The maximum atomic E-state index is 12.4. The number of carboxylic acids is 1. The van der Waals surface area contributed by atoms with Crippen molar-refractivity contribution in [2.24, 2.45) is 0 Å². The monoisotopic (exact) mass is 320 g/mol. The molecule has 0 aliphatic carbocycles. The second kappa shape index (κ2) is 7.74. The average Bonchev–Trinajstić information content (AvgIpc) is 2.87. The van der Waals surface area contributed by atoms with E-state index in [-0.39, 0.29) is 18.1 Å². The molecule has 1 unspecified atom stereocenters. The number of amides is 1. The van der Waals surface area contributed by atoms with Gasteiger partial charge in [0, 0.05) is 26.6 Å². The molecule has 7 nitrogen and oxygen atoms in total. The molecule has 21 heavy (non-hydrogen) atoms. The number of carbonyl (C=O) groups excluding carboxylic acids is 1. The van der Waals surface area contributed by atoms with Gasteiger partial charge in [0.05, 0.1) is 5.75 Å². The first-order valence-corrected chi connectivity index (χ1v) is 8.86. The highest BCUT2D eigenvalue weighted by Gasteiger charge is 2.39. The number of aliphatic carboxylic acids is 1. The lowest BCUT2D eigenvalue weighted by atomic mass is 10.2. The number of sulfonamides is 1. The van der Waals surface area contributed by atoms with Gasteiger partial charge in [0.25, 0.3) is 0 Å². The van der Waals surface area contributed by atoms with Crippen LogP contribution in [-0.4, -0.2) is 66.5 Å². The molecule has 1 aliphatic heterocycles. The van der Waals surface area contributed by atoms with Crippen LogP contribution in [0, 0.1) is 0 Å². The molecule has 0 saturated carbocycles. The van der Waals surface area contributed by atoms with Gasteiger partial charge in [-0.3, -0.25) is 9.59 Å². The fraction of sp³-hybridized carbons (Fsp3) is 0.846. The first-order chi connectivity index (χ1) is 9.79. The molecule has 1 amide bonds. The summed E-state index contributed by atoms with van der Waals surface area (Å²) in [7, 11) is -1.79. The van der Waals surface area contributed by atoms with Crippen molar-refractivity contribution in [1.29, 1.82) is 0 Å². The standard InChI is InChI=1S/C13H24N2O5S/c1-3-10-21(19,20)15-9-4-6-11(15)13(18)14(2)8-5-7-12(16)17/h11H,3-10H2,1-2H3,(H,16,17). The fourth-order valence-electron chi connectivity index (χ4n) is 2.53. The Labute approximate surface area is 126 Å². The van der Waals surface area contributed by atoms with E-state index in [1.807, 2.05) is 0 Å². The van der Waals surface area contributed by atoms with Crippen LogP contribution in [0.3, 0.4) is 0 Å². The second-order valence-corrected chi connectivity index (χ2v) is 7.38. The molecule has 1 heterocycles. The van der Waals surface area contributed by atoms with Gasteiger partial charge in [0.15, 0.2) is 0 Å². The van der Waals surface area contributed by atoms with Crippen molar-refractivity contribution in [1.82, 2.24) is 9.21 Å². The Balaban J connectivity index is 2.65. The van der Waals surface area contributed by atoms with E-state index in [1.165, 1.54) is 9.21 Å². The van der Waals surface area contributed by atoms with Crippen molar-refractivity contribution in [3.8, 4) is 0 Å². The van der Waals surface area contributed by atoms with Gasteiger partial charge in [0.2, 0.25) is 15.9 Å². The summed E-state index contributed by atoms with van der Waals surface area (Å²) in [5.74, 6) is -1.08. The first kappa shape index (κ1) is 17.9. The number of hydrogen-bond acceptors (Lipinski definition) is 4. The molecule has 1 fully saturated rings. The van der Waals surface area contributed by atoms with E-state index >= 15 is 0 Å². The zero-order valence-electron chi connectivity index (χ0n) is 12.6. The Morgan fingerprint density at radius 2 is 2.05 bits per heavy atom. The van der Waals surface area contributed by atoms with Crippen molar-refractivity contribution in [3.05, 3.63) is 0 Å². The van der Waals surface area contributed by atoms with Gasteiger partial charge >= 0.3 is 5.97 Å². The van der Waals surface area contributed by atoms with Crippen LogP contribution < -0.4 is 0 Å². The summed E-state index contributed by atoms with van der Waals surface area (Å²) in [6, 6.07) is -0.628. The van der Waals surface area contributed by atoms with Crippen molar-refractivity contribution >= 4 is 21.9 Å². The predicted molar refractivity (Wildman–Crippen MR) is 78.3 cm³/mol. The SMILES string of the molecule is CCCS(=O)(=O)N1CCCC1C(=O)N(C)CCCC(=O)O. The van der Waals surface area contributed by atoms with E-state index in [4.69, 9.17) is 5.11 Å². The zero-order valence-corrected chi connectivity index (χ0v) is 13.4. The van der Waals surface area contributed by atoms with Crippen molar-refractivity contribution in [2.75, 3.05) is 25.9 Å². The Hall–Kier alpha value is -1.15. The summed E-state index contributed by atoms with van der Waals surface area (Å²) in [4.78, 5) is 24.3. The number of rotatable bonds is 8. The molecule has 0 aromatic rings. The third kappa shape index (κ3) is 4.96. The molecule has 1 atom stereocenters. The minimum absolute atomic E-state index is 0.000133. The van der Waals surface area contributed by atoms with E-state index in [1.54, 1.807) is 14.0 Å². The molecule has 0 bridgehead atoms. The second-order valence-electron chi connectivity index (χ2n) is 5.34. The molecule has 1 saturated heterocycles. The maximum Gasteiger partial charge on any atom is 0.303 e. The topological polar surface area (TPSA) is 95.0 Å². The molecule has 8 heteroatoms. The molecular weight excluding hydrogens is 296 g/mol. The van der Waals surface area contributed by atoms with Gasteiger partial charge in [0.1, 0.15) is 6.04 Å². The van der Waals surface area contributed by atoms with Crippen LogP contribution in [-0.2, 0) is 19.6 Å². The summed E-state index contributed by atoms with van der Waals surface area (Å²) < 4.78 is 25.6. The Morgan fingerprint density at radius 3 is 2.62 bits per heavy atom. The lowest BCUT2D eigenvalue weighted by molar-refractivity contribution is -0.138. The summed E-state index contributed by atoms with van der Waals surface area (Å²) in [6.45, 7) is 2.51. The lowest BCUT2D eigenvalue weighted by Gasteiger charge is -2.27. The molecule has 1 rings (SSSR count). The number of carbonyl (C=O) groups is 2. The molecular formula is C13H24N2O5S. The van der Waals surface area contributed by atoms with Crippen LogP contribution in [0.25, 0.3) is 0 Å². The van der Waals surface area contributed by atoms with Crippen molar-refractivity contribution in [2.45, 2.75) is 45.1 Å². The highest BCUT2D eigenvalue weighted by Crippen LogP contribution is 2.23. The Morgan fingerprint density at radius 1 is 1.38 bits per heavy atom. The van der Waals surface area contributed by atoms with Crippen LogP contribution in [0.1, 0.15) is 39.0 Å². The summed E-state index contributed by atoms with van der Waals surface area (Å²) in [6.07, 6.45) is 2.10. The number of hydrogen-bond donors (Lipinski definition) is 1. The van der Waals surface area contributed by atoms with Crippen molar-refractivity contribution in [3.63, 3.8) is 0 Å². The molecule has 1 N–H and O–H groups in total. The quantitative estimate of drug-likeness (QED) is 0.703. The normalized spacial score (nSPS) is 19.6. The van der Waals surface area contributed by atoms with Crippen LogP contribution in [0.15, 0.2) is 0 Å². The van der Waals surface area contributed by atoms with Gasteiger partial charge < -0.3 is 10.0 Å². The van der Waals surface area contributed by atoms with Crippen LogP contribution in [0.2, 0.25) is 0 Å². The molecule has 0 aromatic heterocycles. The molecule has 0 spiro atoms. The predicted octanol–water partition coefficient (Wildman–Crippen LogP) is 0.514. The minimum atomic E-state index is -3.38. The molecule has 1 aliphatic rings. The first-order valence-electron chi connectivity index (χ1n) is 7.26. The van der Waals surface area contributed by atoms with Crippen LogP contribution in [0.4, 0.5) is 0 Å². The highest BCUT2D eigenvalue weighted by molar-refractivity contribution is 7.89. The van der Waals surface area contributed by atoms with Gasteiger partial charge in [-0.25, -0.2) is 8.42 Å². The fourth-order valence-corrected chi connectivity index (χ4v) is 4.27. The number of likely N-dealkylation sites (N-methyl/N-ethyl adjacent to an activating group) is 1. The van der Waals surface area contributed by atoms with E-state index in [0.29, 0.717) is 38.8 Å². The third-order valence-corrected chi connectivity index (χ3v) is 5.64. The largest absolute Gasteiger partial charge is 0.481 e. The van der Waals surface area contributed by atoms with E-state index in [9.17, 15) is 18.0 Å². The van der Waals surface area contributed by atoms with E-state index in [2.05, 4.69) is 0 Å². The van der Waals surface area contributed by atoms with Gasteiger partial charge in [-0.2, -0.15) is 4.31 Å². The van der Waals surface area contributed by atoms with E-state index in [0.717, 1.165) is 0 Å². The van der Waals surface area contributed by atoms with Gasteiger partial charge in [-0.15, -0.1) is 0 Å². The molecule has 0 aromatic carbocycles. The number of nitrogens with zero attached hydrogens (tertiary/aromatic N) is 2. The van der Waals surface area contributed by atoms with Gasteiger partial charge in [-0.1, -0.05) is 6.92 Å². The van der Waals surface area contributed by atoms with E-state index < -0.39 is 22.0 Å². The minimum Gasteiger partial charge on any atom is -0.481 e. The van der Waals surface area contributed by atoms with Gasteiger partial charge in [-0.05, 0) is 25.7 Å². The molecule has 0 radical (unpaired) electrons.